The van der Waals surface area contributed by atoms with Crippen LogP contribution in [-0.4, -0.2) is 4.98 Å². The fraction of sp³-hybridized carbons (Fsp3) is 0.286. The summed E-state index contributed by atoms with van der Waals surface area (Å²) < 4.78 is 72.0. The van der Waals surface area contributed by atoms with Crippen molar-refractivity contribution in [3.8, 4) is 0 Å². The quantitative estimate of drug-likeness (QED) is 0.545. The SMILES string of the molecule is FC(F)(F)c1cc(C(F)(F)F)[nH]c(=S)c1. The van der Waals surface area contributed by atoms with Gasteiger partial charge in [0.1, 0.15) is 10.3 Å². The van der Waals surface area contributed by atoms with E-state index in [0.29, 0.717) is 6.07 Å². The predicted molar refractivity (Wildman–Crippen MR) is 41.6 cm³/mol. The molecule has 0 aliphatic carbocycles. The molecule has 0 atom stereocenters. The summed E-state index contributed by atoms with van der Waals surface area (Å²) in [6.45, 7) is 0. The number of pyridine rings is 1. The zero-order valence-corrected chi connectivity index (χ0v) is 7.65. The van der Waals surface area contributed by atoms with Gasteiger partial charge in [-0.2, -0.15) is 26.3 Å². The molecule has 0 saturated carbocycles. The highest BCUT2D eigenvalue weighted by atomic mass is 32.1. The van der Waals surface area contributed by atoms with Crippen LogP contribution in [0.3, 0.4) is 0 Å². The largest absolute Gasteiger partial charge is 0.431 e. The Labute approximate surface area is 84.7 Å². The molecule has 84 valence electrons. The Balaban J connectivity index is 3.36. The molecule has 1 aromatic rings. The molecule has 1 N–H and O–H groups in total. The van der Waals surface area contributed by atoms with Crippen LogP contribution in [0.5, 0.6) is 0 Å². The molecule has 0 aliphatic rings. The lowest BCUT2D eigenvalue weighted by atomic mass is 10.2. The first kappa shape index (κ1) is 12.0. The second-order valence-electron chi connectivity index (χ2n) is 2.64. The maximum atomic E-state index is 12.1. The molecular weight excluding hydrogens is 244 g/mol. The number of nitrogens with one attached hydrogen (secondary N) is 1. The van der Waals surface area contributed by atoms with E-state index in [1.807, 2.05) is 0 Å². The Morgan fingerprint density at radius 2 is 1.47 bits per heavy atom. The van der Waals surface area contributed by atoms with Crippen molar-refractivity contribution >= 4 is 12.2 Å². The van der Waals surface area contributed by atoms with Crippen LogP contribution in [0.25, 0.3) is 0 Å². The minimum absolute atomic E-state index is 0.0181. The third-order valence-electron chi connectivity index (χ3n) is 1.48. The molecule has 0 aliphatic heterocycles. The first-order valence-electron chi connectivity index (χ1n) is 3.49. The van der Waals surface area contributed by atoms with Crippen LogP contribution in [0.4, 0.5) is 26.3 Å². The van der Waals surface area contributed by atoms with Gasteiger partial charge in [-0.05, 0) is 12.1 Å². The summed E-state index contributed by atoms with van der Waals surface area (Å²) in [4.78, 5) is 1.65. The fourth-order valence-electron chi connectivity index (χ4n) is 0.860. The second-order valence-corrected chi connectivity index (χ2v) is 3.08. The molecule has 0 amide bonds. The van der Waals surface area contributed by atoms with Crippen LogP contribution in [-0.2, 0) is 12.4 Å². The first-order valence-corrected chi connectivity index (χ1v) is 3.90. The van der Waals surface area contributed by atoms with E-state index in [-0.39, 0.29) is 6.07 Å². The molecule has 15 heavy (non-hydrogen) atoms. The number of hydrogen-bond acceptors (Lipinski definition) is 1. The highest BCUT2D eigenvalue weighted by Gasteiger charge is 2.36. The third-order valence-corrected chi connectivity index (χ3v) is 1.70. The lowest BCUT2D eigenvalue weighted by Crippen LogP contribution is -2.12. The Kier molecular flexibility index (Phi) is 2.81. The summed E-state index contributed by atoms with van der Waals surface area (Å²) in [6, 6.07) is 0.417. The van der Waals surface area contributed by atoms with Crippen molar-refractivity contribution in [3.63, 3.8) is 0 Å². The van der Waals surface area contributed by atoms with Gasteiger partial charge in [-0.25, -0.2) is 0 Å². The summed E-state index contributed by atoms with van der Waals surface area (Å²) in [5, 5.41) is 0. The van der Waals surface area contributed by atoms with Crippen molar-refractivity contribution in [1.29, 1.82) is 0 Å². The lowest BCUT2D eigenvalue weighted by molar-refractivity contribution is -0.145. The Morgan fingerprint density at radius 3 is 1.87 bits per heavy atom. The number of aromatic nitrogens is 1. The van der Waals surface area contributed by atoms with Gasteiger partial charge in [-0.15, -0.1) is 0 Å². The highest BCUT2D eigenvalue weighted by molar-refractivity contribution is 7.71. The van der Waals surface area contributed by atoms with E-state index in [2.05, 4.69) is 12.2 Å². The number of rotatable bonds is 0. The molecule has 0 radical (unpaired) electrons. The predicted octanol–water partition coefficient (Wildman–Crippen LogP) is 3.78. The summed E-state index contributed by atoms with van der Waals surface area (Å²) in [5.41, 5.74) is -2.93. The van der Waals surface area contributed by atoms with E-state index in [0.717, 1.165) is 0 Å². The number of halogens is 6. The molecule has 1 rings (SSSR count). The van der Waals surface area contributed by atoms with Crippen molar-refractivity contribution in [1.82, 2.24) is 4.98 Å². The van der Waals surface area contributed by atoms with Crippen LogP contribution < -0.4 is 0 Å². The Morgan fingerprint density at radius 1 is 0.933 bits per heavy atom. The van der Waals surface area contributed by atoms with Crippen molar-refractivity contribution in [2.45, 2.75) is 12.4 Å². The van der Waals surface area contributed by atoms with E-state index in [1.54, 1.807) is 4.98 Å². The fourth-order valence-corrected chi connectivity index (χ4v) is 1.10. The number of hydrogen-bond donors (Lipinski definition) is 1. The Bertz CT molecular complexity index is 379. The average molecular weight is 247 g/mol. The number of H-pyrrole nitrogens is 1. The number of alkyl halides is 6. The molecule has 0 saturated heterocycles. The Hall–Kier alpha value is -1.05. The van der Waals surface area contributed by atoms with Crippen molar-refractivity contribution in [2.24, 2.45) is 0 Å². The highest BCUT2D eigenvalue weighted by Crippen LogP contribution is 2.34. The van der Waals surface area contributed by atoms with E-state index >= 15 is 0 Å². The lowest BCUT2D eigenvalue weighted by Gasteiger charge is -2.10. The zero-order chi connectivity index (χ0) is 11.9. The minimum Gasteiger partial charge on any atom is -0.343 e. The van der Waals surface area contributed by atoms with Crippen LogP contribution in [0.2, 0.25) is 0 Å². The van der Waals surface area contributed by atoms with Crippen molar-refractivity contribution < 1.29 is 26.3 Å². The van der Waals surface area contributed by atoms with E-state index in [4.69, 9.17) is 0 Å². The van der Waals surface area contributed by atoms with Crippen molar-refractivity contribution in [3.05, 3.63) is 28.0 Å². The molecule has 1 heterocycles. The monoisotopic (exact) mass is 247 g/mol. The van der Waals surface area contributed by atoms with E-state index in [9.17, 15) is 26.3 Å². The molecule has 8 heteroatoms. The topological polar surface area (TPSA) is 15.8 Å². The standard InChI is InChI=1S/C7H3F6NS/c8-6(9,10)3-1-4(7(11,12)13)14-5(15)2-3/h1-2H,(H,14,15). The van der Waals surface area contributed by atoms with Gasteiger partial charge in [-0.3, -0.25) is 0 Å². The van der Waals surface area contributed by atoms with Gasteiger partial charge in [-0.1, -0.05) is 12.2 Å². The molecule has 0 aromatic carbocycles. The van der Waals surface area contributed by atoms with E-state index in [1.165, 1.54) is 0 Å². The molecule has 0 bridgehead atoms. The average Bonchev–Trinajstić information content (AvgIpc) is 1.99. The molecule has 1 aromatic heterocycles. The van der Waals surface area contributed by atoms with Gasteiger partial charge >= 0.3 is 12.4 Å². The van der Waals surface area contributed by atoms with Gasteiger partial charge in [0, 0.05) is 0 Å². The summed E-state index contributed by atoms with van der Waals surface area (Å²) in [5.74, 6) is 0. The number of aromatic amines is 1. The van der Waals surface area contributed by atoms with Gasteiger partial charge in [0.05, 0.1) is 5.56 Å². The van der Waals surface area contributed by atoms with Crippen LogP contribution in [0.1, 0.15) is 11.3 Å². The first-order chi connectivity index (χ1) is 6.60. The summed E-state index contributed by atoms with van der Waals surface area (Å²) >= 11 is 4.27. The maximum absolute atomic E-state index is 12.1. The summed E-state index contributed by atoms with van der Waals surface area (Å²) in [6.07, 6.45) is -9.72. The minimum atomic E-state index is -4.88. The zero-order valence-electron chi connectivity index (χ0n) is 6.83. The molecule has 0 unspecified atom stereocenters. The van der Waals surface area contributed by atoms with Gasteiger partial charge in [0.15, 0.2) is 0 Å². The third kappa shape index (κ3) is 2.95. The van der Waals surface area contributed by atoms with Crippen LogP contribution in [0.15, 0.2) is 12.1 Å². The second kappa shape index (κ2) is 3.51. The van der Waals surface area contributed by atoms with Gasteiger partial charge < -0.3 is 4.98 Å². The molecule has 1 nitrogen and oxygen atoms in total. The molecular formula is C7H3F6NS. The van der Waals surface area contributed by atoms with Crippen LogP contribution >= 0.6 is 12.2 Å². The van der Waals surface area contributed by atoms with E-state index < -0.39 is 28.3 Å². The maximum Gasteiger partial charge on any atom is 0.431 e. The normalized spacial score (nSPS) is 12.9. The van der Waals surface area contributed by atoms with Gasteiger partial charge in [0.2, 0.25) is 0 Å². The summed E-state index contributed by atoms with van der Waals surface area (Å²) in [7, 11) is 0. The smallest absolute Gasteiger partial charge is 0.343 e. The van der Waals surface area contributed by atoms with Gasteiger partial charge in [0.25, 0.3) is 0 Å². The van der Waals surface area contributed by atoms with Crippen LogP contribution in [0, 0.1) is 4.64 Å². The molecule has 0 fully saturated rings. The molecule has 0 spiro atoms. The van der Waals surface area contributed by atoms with Crippen molar-refractivity contribution in [2.75, 3.05) is 0 Å².